The van der Waals surface area contributed by atoms with Crippen molar-refractivity contribution in [2.24, 2.45) is 11.3 Å². The second kappa shape index (κ2) is 7.51. The highest BCUT2D eigenvalue weighted by Gasteiger charge is 2.43. The minimum absolute atomic E-state index is 0.0424. The van der Waals surface area contributed by atoms with Crippen LogP contribution in [-0.2, 0) is 14.6 Å². The van der Waals surface area contributed by atoms with Gasteiger partial charge in [0.2, 0.25) is 5.91 Å². The van der Waals surface area contributed by atoms with Crippen LogP contribution in [-0.4, -0.2) is 25.1 Å². The van der Waals surface area contributed by atoms with E-state index in [2.05, 4.69) is 26.1 Å². The molecule has 26 heavy (non-hydrogen) atoms. The second-order valence-electron chi connectivity index (χ2n) is 8.86. The SMILES string of the molecule is CC(C)(C)C1CCC(NC(=O)C(C)(C)S(=O)(=O)c2ccc(Cl)cc2)CC1. The highest BCUT2D eigenvalue weighted by molar-refractivity contribution is 7.93. The highest BCUT2D eigenvalue weighted by Crippen LogP contribution is 2.38. The van der Waals surface area contributed by atoms with Gasteiger partial charge in [0.15, 0.2) is 9.84 Å². The molecule has 6 heteroatoms. The highest BCUT2D eigenvalue weighted by atomic mass is 35.5. The van der Waals surface area contributed by atoms with Crippen LogP contribution in [0.4, 0.5) is 0 Å². The maximum absolute atomic E-state index is 12.9. The molecule has 0 aromatic heterocycles. The van der Waals surface area contributed by atoms with Gasteiger partial charge in [0, 0.05) is 11.1 Å². The van der Waals surface area contributed by atoms with Crippen molar-refractivity contribution in [3.63, 3.8) is 0 Å². The van der Waals surface area contributed by atoms with E-state index in [-0.39, 0.29) is 16.4 Å². The van der Waals surface area contributed by atoms with Crippen LogP contribution in [0.5, 0.6) is 0 Å². The number of benzene rings is 1. The van der Waals surface area contributed by atoms with Gasteiger partial charge in [-0.15, -0.1) is 0 Å². The van der Waals surface area contributed by atoms with Crippen molar-refractivity contribution >= 4 is 27.3 Å². The molecule has 0 saturated heterocycles. The quantitative estimate of drug-likeness (QED) is 0.803. The lowest BCUT2D eigenvalue weighted by Gasteiger charge is -2.38. The molecule has 1 fully saturated rings. The number of halogens is 1. The molecule has 0 spiro atoms. The summed E-state index contributed by atoms with van der Waals surface area (Å²) in [4.78, 5) is 12.9. The normalized spacial score (nSPS) is 22.1. The minimum Gasteiger partial charge on any atom is -0.352 e. The molecule has 146 valence electrons. The molecule has 2 rings (SSSR count). The van der Waals surface area contributed by atoms with Crippen molar-refractivity contribution < 1.29 is 13.2 Å². The molecule has 0 radical (unpaired) electrons. The third kappa shape index (κ3) is 4.42. The maximum atomic E-state index is 12.9. The second-order valence-corrected chi connectivity index (χ2v) is 11.8. The van der Waals surface area contributed by atoms with E-state index >= 15 is 0 Å². The topological polar surface area (TPSA) is 63.2 Å². The Bertz CT molecular complexity index is 740. The molecule has 1 aromatic rings. The van der Waals surface area contributed by atoms with Crippen LogP contribution in [0.3, 0.4) is 0 Å². The molecule has 4 nitrogen and oxygen atoms in total. The Hall–Kier alpha value is -1.07. The van der Waals surface area contributed by atoms with Gasteiger partial charge in [-0.05, 0) is 75.1 Å². The van der Waals surface area contributed by atoms with Gasteiger partial charge in [-0.1, -0.05) is 32.4 Å². The van der Waals surface area contributed by atoms with E-state index in [1.807, 2.05) is 0 Å². The summed E-state index contributed by atoms with van der Waals surface area (Å²) < 4.78 is 24.3. The van der Waals surface area contributed by atoms with Crippen LogP contribution < -0.4 is 5.32 Å². The first-order chi connectivity index (χ1) is 11.9. The van der Waals surface area contributed by atoms with E-state index in [1.54, 1.807) is 0 Å². The summed E-state index contributed by atoms with van der Waals surface area (Å²) >= 11 is 5.84. The molecule has 0 bridgehead atoms. The van der Waals surface area contributed by atoms with Crippen LogP contribution in [0.15, 0.2) is 29.2 Å². The number of carbonyl (C=O) groups excluding carboxylic acids is 1. The van der Waals surface area contributed by atoms with Crippen molar-refractivity contribution in [1.29, 1.82) is 0 Å². The predicted molar refractivity (Wildman–Crippen MR) is 106 cm³/mol. The fraction of sp³-hybridized carbons (Fsp3) is 0.650. The maximum Gasteiger partial charge on any atom is 0.241 e. The van der Waals surface area contributed by atoms with E-state index in [4.69, 9.17) is 11.6 Å². The molecule has 1 aromatic carbocycles. The summed E-state index contributed by atoms with van der Waals surface area (Å²) in [6, 6.07) is 5.98. The van der Waals surface area contributed by atoms with Gasteiger partial charge in [-0.25, -0.2) is 8.42 Å². The molecule has 0 atom stereocenters. The Morgan fingerprint density at radius 1 is 1.00 bits per heavy atom. The first-order valence-electron chi connectivity index (χ1n) is 9.17. The Morgan fingerprint density at radius 2 is 1.50 bits per heavy atom. The van der Waals surface area contributed by atoms with Crippen molar-refractivity contribution in [2.45, 2.75) is 76.0 Å². The van der Waals surface area contributed by atoms with E-state index in [0.717, 1.165) is 25.7 Å². The zero-order valence-electron chi connectivity index (χ0n) is 16.3. The van der Waals surface area contributed by atoms with Gasteiger partial charge >= 0.3 is 0 Å². The number of hydrogen-bond donors (Lipinski definition) is 1. The third-order valence-electron chi connectivity index (χ3n) is 5.63. The lowest BCUT2D eigenvalue weighted by atomic mass is 9.71. The summed E-state index contributed by atoms with van der Waals surface area (Å²) in [5, 5.41) is 3.43. The summed E-state index contributed by atoms with van der Waals surface area (Å²) in [6.07, 6.45) is 3.90. The van der Waals surface area contributed by atoms with Crippen LogP contribution in [0.1, 0.15) is 60.3 Å². The Labute approximate surface area is 162 Å². The zero-order chi connectivity index (χ0) is 19.8. The first kappa shape index (κ1) is 21.2. The Balaban J connectivity index is 2.07. The smallest absolute Gasteiger partial charge is 0.241 e. The lowest BCUT2D eigenvalue weighted by molar-refractivity contribution is -0.123. The summed E-state index contributed by atoms with van der Waals surface area (Å²) in [6.45, 7) is 9.68. The van der Waals surface area contributed by atoms with Crippen LogP contribution in [0.25, 0.3) is 0 Å². The Morgan fingerprint density at radius 3 is 1.96 bits per heavy atom. The number of rotatable bonds is 4. The predicted octanol–water partition coefficient (Wildman–Crippen LogP) is 4.61. The molecule has 1 N–H and O–H groups in total. The van der Waals surface area contributed by atoms with Gasteiger partial charge in [-0.2, -0.15) is 0 Å². The van der Waals surface area contributed by atoms with E-state index in [1.165, 1.54) is 38.1 Å². The average molecular weight is 400 g/mol. The standard InChI is InChI=1S/C20H30ClNO3S/c1-19(2,3)14-6-10-16(11-7-14)22-18(23)20(4,5)26(24,25)17-12-8-15(21)9-13-17/h8-9,12-14,16H,6-7,10-11H2,1-5H3,(H,22,23). The summed E-state index contributed by atoms with van der Waals surface area (Å²) in [5.41, 5.74) is 0.270. The van der Waals surface area contributed by atoms with Crippen LogP contribution in [0.2, 0.25) is 5.02 Å². The van der Waals surface area contributed by atoms with Crippen molar-refractivity contribution in [3.8, 4) is 0 Å². The fourth-order valence-corrected chi connectivity index (χ4v) is 5.01. The van der Waals surface area contributed by atoms with Gasteiger partial charge in [0.05, 0.1) is 4.90 Å². The summed E-state index contributed by atoms with van der Waals surface area (Å²) in [5.74, 6) is 0.202. The number of carbonyl (C=O) groups is 1. The van der Waals surface area contributed by atoms with Gasteiger partial charge in [0.25, 0.3) is 0 Å². The van der Waals surface area contributed by atoms with Crippen LogP contribution >= 0.6 is 11.6 Å². The molecule has 1 aliphatic rings. The number of nitrogens with one attached hydrogen (secondary N) is 1. The van der Waals surface area contributed by atoms with Crippen molar-refractivity contribution in [1.82, 2.24) is 5.32 Å². The van der Waals surface area contributed by atoms with Gasteiger partial charge < -0.3 is 5.32 Å². The molecule has 0 aliphatic heterocycles. The fourth-order valence-electron chi connectivity index (χ4n) is 3.49. The molecule has 1 amide bonds. The van der Waals surface area contributed by atoms with Crippen molar-refractivity contribution in [2.75, 3.05) is 0 Å². The van der Waals surface area contributed by atoms with E-state index in [9.17, 15) is 13.2 Å². The minimum atomic E-state index is -3.81. The molecule has 1 saturated carbocycles. The molecular weight excluding hydrogens is 370 g/mol. The van der Waals surface area contributed by atoms with Gasteiger partial charge in [-0.3, -0.25) is 4.79 Å². The largest absolute Gasteiger partial charge is 0.352 e. The molecule has 0 unspecified atom stereocenters. The number of amides is 1. The third-order valence-corrected chi connectivity index (χ3v) is 8.30. The molecule has 0 heterocycles. The first-order valence-corrected chi connectivity index (χ1v) is 11.0. The monoisotopic (exact) mass is 399 g/mol. The van der Waals surface area contributed by atoms with Crippen LogP contribution in [0, 0.1) is 11.3 Å². The zero-order valence-corrected chi connectivity index (χ0v) is 17.9. The van der Waals surface area contributed by atoms with Crippen molar-refractivity contribution in [3.05, 3.63) is 29.3 Å². The molecule has 1 aliphatic carbocycles. The lowest BCUT2D eigenvalue weighted by Crippen LogP contribution is -2.52. The van der Waals surface area contributed by atoms with Gasteiger partial charge in [0.1, 0.15) is 4.75 Å². The summed E-state index contributed by atoms with van der Waals surface area (Å²) in [7, 11) is -3.81. The van der Waals surface area contributed by atoms with E-state index < -0.39 is 20.5 Å². The van der Waals surface area contributed by atoms with E-state index in [0.29, 0.717) is 10.9 Å². The average Bonchev–Trinajstić information content (AvgIpc) is 2.54. The number of sulfone groups is 1. The molecular formula is C20H30ClNO3S. The number of hydrogen-bond acceptors (Lipinski definition) is 3. The Kier molecular flexibility index (Phi) is 6.13.